The van der Waals surface area contributed by atoms with E-state index in [4.69, 9.17) is 23.7 Å². The molecule has 3 aliphatic carbocycles. The van der Waals surface area contributed by atoms with Gasteiger partial charge < -0.3 is 39.0 Å². The van der Waals surface area contributed by atoms with Crippen molar-refractivity contribution in [2.45, 2.75) is 109 Å². The van der Waals surface area contributed by atoms with E-state index in [1.54, 1.807) is 45.9 Å². The molecule has 1 aliphatic heterocycles. The summed E-state index contributed by atoms with van der Waals surface area (Å²) >= 11 is 0. The molecule has 246 valence electrons. The Morgan fingerprint density at radius 2 is 1.53 bits per heavy atom. The van der Waals surface area contributed by atoms with E-state index in [-0.39, 0.29) is 30.6 Å². The van der Waals surface area contributed by atoms with Crippen LogP contribution in [-0.4, -0.2) is 93.6 Å². The molecule has 0 unspecified atom stereocenters. The van der Waals surface area contributed by atoms with Gasteiger partial charge in [-0.25, -0.2) is 4.79 Å². The summed E-state index contributed by atoms with van der Waals surface area (Å²) in [6, 6.07) is 8.09. The van der Waals surface area contributed by atoms with Gasteiger partial charge in [0, 0.05) is 44.4 Å². The van der Waals surface area contributed by atoms with E-state index in [0.717, 1.165) is 0 Å². The topological polar surface area (TPSA) is 175 Å². The number of benzene rings is 1. The van der Waals surface area contributed by atoms with Crippen molar-refractivity contribution in [1.82, 2.24) is 0 Å². The first-order chi connectivity index (χ1) is 20.9. The Bertz CT molecular complexity index is 1420. The van der Waals surface area contributed by atoms with Gasteiger partial charge in [-0.3, -0.25) is 14.4 Å². The molecule has 0 spiro atoms. The molecule has 1 saturated heterocycles. The molecule has 2 saturated carbocycles. The van der Waals surface area contributed by atoms with Crippen LogP contribution < -0.4 is 0 Å². The van der Waals surface area contributed by atoms with Crippen molar-refractivity contribution < 1.29 is 58.2 Å². The summed E-state index contributed by atoms with van der Waals surface area (Å²) in [7, 11) is 0. The maximum Gasteiger partial charge on any atom is 0.338 e. The van der Waals surface area contributed by atoms with Crippen molar-refractivity contribution in [3.8, 4) is 0 Å². The van der Waals surface area contributed by atoms with E-state index in [0.29, 0.717) is 5.57 Å². The minimum Gasteiger partial charge on any atom is -0.458 e. The molecule has 12 nitrogen and oxygen atoms in total. The Labute approximate surface area is 261 Å². The number of hydrogen-bond acceptors (Lipinski definition) is 12. The van der Waals surface area contributed by atoms with Crippen molar-refractivity contribution in [2.75, 3.05) is 6.61 Å². The van der Waals surface area contributed by atoms with Gasteiger partial charge in [-0.15, -0.1) is 0 Å². The zero-order valence-corrected chi connectivity index (χ0v) is 26.6. The zero-order chi connectivity index (χ0) is 33.3. The summed E-state index contributed by atoms with van der Waals surface area (Å²) in [5, 5.41) is 37.4. The summed E-state index contributed by atoms with van der Waals surface area (Å²) in [4.78, 5) is 51.5. The summed E-state index contributed by atoms with van der Waals surface area (Å²) in [6.07, 6.45) is -8.36. The van der Waals surface area contributed by atoms with Crippen LogP contribution in [0.15, 0.2) is 41.5 Å². The molecule has 5 rings (SSSR count). The average molecular weight is 631 g/mol. The summed E-state index contributed by atoms with van der Waals surface area (Å²) in [5.74, 6) is -4.20. The van der Waals surface area contributed by atoms with E-state index in [1.807, 2.05) is 0 Å². The number of rotatable bonds is 5. The fourth-order valence-electron chi connectivity index (χ4n) is 8.46. The smallest absolute Gasteiger partial charge is 0.338 e. The van der Waals surface area contributed by atoms with Crippen LogP contribution in [0.3, 0.4) is 0 Å². The second kappa shape index (κ2) is 11.2. The highest BCUT2D eigenvalue weighted by atomic mass is 16.6. The molecule has 0 amide bonds. The van der Waals surface area contributed by atoms with Gasteiger partial charge in [0.05, 0.1) is 24.2 Å². The van der Waals surface area contributed by atoms with Gasteiger partial charge in [0.1, 0.15) is 30.0 Å². The van der Waals surface area contributed by atoms with E-state index < -0.39 is 88.5 Å². The van der Waals surface area contributed by atoms with Crippen molar-refractivity contribution in [1.29, 1.82) is 0 Å². The minimum absolute atomic E-state index is 0.0700. The largest absolute Gasteiger partial charge is 0.458 e. The predicted octanol–water partition coefficient (Wildman–Crippen LogP) is 2.02. The summed E-state index contributed by atoms with van der Waals surface area (Å²) in [6.45, 7) is 9.94. The van der Waals surface area contributed by atoms with Gasteiger partial charge in [-0.05, 0) is 30.2 Å². The van der Waals surface area contributed by atoms with Crippen molar-refractivity contribution in [3.05, 3.63) is 47.0 Å². The molecule has 12 heteroatoms. The molecule has 0 radical (unpaired) electrons. The van der Waals surface area contributed by atoms with E-state index >= 15 is 0 Å². The third-order valence-corrected chi connectivity index (χ3v) is 10.7. The van der Waals surface area contributed by atoms with Crippen LogP contribution in [0.5, 0.6) is 0 Å². The maximum absolute atomic E-state index is 13.9. The van der Waals surface area contributed by atoms with Gasteiger partial charge in [0.2, 0.25) is 0 Å². The molecule has 45 heavy (non-hydrogen) atoms. The van der Waals surface area contributed by atoms with Crippen LogP contribution in [0.4, 0.5) is 0 Å². The Morgan fingerprint density at radius 1 is 0.911 bits per heavy atom. The fourth-order valence-corrected chi connectivity index (χ4v) is 8.46. The second-order valence-corrected chi connectivity index (χ2v) is 13.6. The van der Waals surface area contributed by atoms with E-state index in [9.17, 15) is 34.5 Å². The molecule has 1 heterocycles. The molecule has 1 aromatic carbocycles. The standard InChI is InChI=1S/C33H42O12/c1-16-21(42-17(2)34)14-33(40)28(44-29(39)20-11-9-8-10-12-20)26-31(7,22(37)13-23-32(26,15-41-23)45-19(4)36)27(38)25(43-18(3)35)24(16)30(33,5)6/h8-12,21-23,25-28,37-38,40H,13-15H2,1-7H3/t21-,22-,23-,25+,26+,27+,28+,31-,32-,33+/m1/s1. The van der Waals surface area contributed by atoms with Gasteiger partial charge >= 0.3 is 23.9 Å². The summed E-state index contributed by atoms with van der Waals surface area (Å²) in [5.41, 5.74) is -5.96. The Kier molecular flexibility index (Phi) is 8.21. The molecule has 1 aromatic rings. The van der Waals surface area contributed by atoms with E-state index in [1.165, 1.54) is 32.9 Å². The first-order valence-electron chi connectivity index (χ1n) is 15.1. The highest BCUT2D eigenvalue weighted by Gasteiger charge is 2.78. The van der Waals surface area contributed by atoms with Crippen LogP contribution >= 0.6 is 0 Å². The number of ether oxygens (including phenoxy) is 5. The zero-order valence-electron chi connectivity index (χ0n) is 26.6. The number of esters is 4. The Morgan fingerprint density at radius 3 is 2.07 bits per heavy atom. The molecule has 2 bridgehead atoms. The molecular formula is C33H42O12. The monoisotopic (exact) mass is 630 g/mol. The first kappa shape index (κ1) is 33.1. The number of fused-ring (bicyclic) bond motifs is 5. The predicted molar refractivity (Wildman–Crippen MR) is 155 cm³/mol. The number of aliphatic hydroxyl groups excluding tert-OH is 2. The highest BCUT2D eigenvalue weighted by molar-refractivity contribution is 5.89. The lowest BCUT2D eigenvalue weighted by molar-refractivity contribution is -0.365. The third kappa shape index (κ3) is 4.88. The quantitative estimate of drug-likeness (QED) is 0.246. The first-order valence-corrected chi connectivity index (χ1v) is 15.1. The van der Waals surface area contributed by atoms with Crippen molar-refractivity contribution >= 4 is 23.9 Å². The normalized spacial score (nSPS) is 39.9. The number of carbonyl (C=O) groups excluding carboxylic acids is 4. The fraction of sp³-hybridized carbons (Fsp3) is 0.636. The number of hydrogen-bond donors (Lipinski definition) is 3. The highest BCUT2D eigenvalue weighted by Crippen LogP contribution is 2.65. The van der Waals surface area contributed by atoms with Crippen LogP contribution in [-0.2, 0) is 38.1 Å². The maximum atomic E-state index is 13.9. The lowest BCUT2D eigenvalue weighted by Crippen LogP contribution is -2.82. The second-order valence-electron chi connectivity index (χ2n) is 13.6. The third-order valence-electron chi connectivity index (χ3n) is 10.7. The van der Waals surface area contributed by atoms with Crippen LogP contribution in [0.1, 0.15) is 71.7 Å². The van der Waals surface area contributed by atoms with Crippen LogP contribution in [0, 0.1) is 16.7 Å². The molecule has 3 N–H and O–H groups in total. The van der Waals surface area contributed by atoms with Crippen LogP contribution in [0.2, 0.25) is 0 Å². The number of carbonyl (C=O) groups is 4. The molecular weight excluding hydrogens is 588 g/mol. The van der Waals surface area contributed by atoms with E-state index in [2.05, 4.69) is 0 Å². The van der Waals surface area contributed by atoms with Gasteiger partial charge in [-0.2, -0.15) is 0 Å². The lowest BCUT2D eigenvalue weighted by atomic mass is 9.44. The van der Waals surface area contributed by atoms with Gasteiger partial charge in [-0.1, -0.05) is 39.0 Å². The minimum atomic E-state index is -2.11. The van der Waals surface area contributed by atoms with Gasteiger partial charge in [0.15, 0.2) is 11.7 Å². The average Bonchev–Trinajstić information content (AvgIpc) is 2.94. The molecule has 10 atom stereocenters. The Hall–Kier alpha value is -3.32. The van der Waals surface area contributed by atoms with Gasteiger partial charge in [0.25, 0.3) is 0 Å². The Balaban J connectivity index is 1.86. The SMILES string of the molecule is CC(=O)O[C@@H]1C[C@]2(O)[C@@H](OC(=O)c3ccccc3)[C@@H]3[C@@]4(OC(C)=O)CO[C@@H]4C[C@@H](O)[C@@]3(C)[C@@H](O)[C@@H](OC(C)=O)C(=C1C)C2(C)C. The van der Waals surface area contributed by atoms with Crippen LogP contribution in [0.25, 0.3) is 0 Å². The molecule has 3 fully saturated rings. The van der Waals surface area contributed by atoms with Crippen molar-refractivity contribution in [2.24, 2.45) is 16.7 Å². The molecule has 0 aromatic heterocycles. The van der Waals surface area contributed by atoms with Crippen molar-refractivity contribution in [3.63, 3.8) is 0 Å². The lowest BCUT2D eigenvalue weighted by Gasteiger charge is -2.69. The number of aliphatic hydroxyl groups is 3. The molecule has 4 aliphatic rings. The summed E-state index contributed by atoms with van der Waals surface area (Å²) < 4.78 is 29.6.